The lowest BCUT2D eigenvalue weighted by molar-refractivity contribution is -0.123. The molecule has 3 aromatic rings. The van der Waals surface area contributed by atoms with Gasteiger partial charge in [-0.25, -0.2) is 9.78 Å². The first kappa shape index (κ1) is 16.9. The lowest BCUT2D eigenvalue weighted by atomic mass is 10.2. The Morgan fingerprint density at radius 2 is 1.88 bits per heavy atom. The molecule has 2 aromatic carbocycles. The fourth-order valence-electron chi connectivity index (χ4n) is 2.26. The minimum absolute atomic E-state index is 0.154. The highest BCUT2D eigenvalue weighted by molar-refractivity contribution is 6.30. The van der Waals surface area contributed by atoms with Crippen molar-refractivity contribution in [2.45, 2.75) is 13.0 Å². The summed E-state index contributed by atoms with van der Waals surface area (Å²) in [5, 5.41) is 4.07. The summed E-state index contributed by atoms with van der Waals surface area (Å²) in [4.78, 5) is 28.6. The third-order valence-electron chi connectivity index (χ3n) is 3.55. The molecular formula is C19H15ClN2O3. The lowest BCUT2D eigenvalue weighted by Crippen LogP contribution is -2.30. The van der Waals surface area contributed by atoms with Crippen LogP contribution in [-0.2, 0) is 9.53 Å². The summed E-state index contributed by atoms with van der Waals surface area (Å²) in [7, 11) is 0. The highest BCUT2D eigenvalue weighted by Gasteiger charge is 2.20. The van der Waals surface area contributed by atoms with Crippen LogP contribution in [0.25, 0.3) is 10.9 Å². The predicted octanol–water partition coefficient (Wildman–Crippen LogP) is 4.07. The van der Waals surface area contributed by atoms with Gasteiger partial charge in [0.1, 0.15) is 5.69 Å². The van der Waals surface area contributed by atoms with Crippen LogP contribution in [-0.4, -0.2) is 23.0 Å². The van der Waals surface area contributed by atoms with Crippen LogP contribution < -0.4 is 5.32 Å². The molecule has 3 rings (SSSR count). The number of nitrogens with zero attached hydrogens (tertiary/aromatic N) is 1. The maximum Gasteiger partial charge on any atom is 0.357 e. The Kier molecular flexibility index (Phi) is 4.95. The van der Waals surface area contributed by atoms with E-state index >= 15 is 0 Å². The number of anilines is 1. The summed E-state index contributed by atoms with van der Waals surface area (Å²) in [6, 6.07) is 17.5. The van der Waals surface area contributed by atoms with E-state index in [4.69, 9.17) is 16.3 Å². The smallest absolute Gasteiger partial charge is 0.357 e. The van der Waals surface area contributed by atoms with Crippen LogP contribution in [0.4, 0.5) is 5.69 Å². The summed E-state index contributed by atoms with van der Waals surface area (Å²) in [5.74, 6) is -1.10. The van der Waals surface area contributed by atoms with Crippen LogP contribution in [0.3, 0.4) is 0 Å². The van der Waals surface area contributed by atoms with Crippen molar-refractivity contribution in [3.63, 3.8) is 0 Å². The zero-order valence-corrected chi connectivity index (χ0v) is 14.2. The standard InChI is InChI=1S/C19H15ClN2O3/c1-12(18(23)21-15-7-4-6-14(20)11-15)25-19(24)17-10-9-13-5-2-3-8-16(13)22-17/h2-12H,1H3,(H,21,23)/t12-/m0/s1. The van der Waals surface area contributed by atoms with E-state index < -0.39 is 18.0 Å². The predicted molar refractivity (Wildman–Crippen MR) is 96.7 cm³/mol. The molecule has 0 fully saturated rings. The number of fused-ring (bicyclic) bond motifs is 1. The minimum atomic E-state index is -0.972. The number of benzene rings is 2. The van der Waals surface area contributed by atoms with Crippen LogP contribution >= 0.6 is 11.6 Å². The van der Waals surface area contributed by atoms with Crippen molar-refractivity contribution in [2.24, 2.45) is 0 Å². The summed E-state index contributed by atoms with van der Waals surface area (Å²) < 4.78 is 5.20. The van der Waals surface area contributed by atoms with Gasteiger partial charge >= 0.3 is 5.97 Å². The monoisotopic (exact) mass is 354 g/mol. The number of carbonyl (C=O) groups is 2. The summed E-state index contributed by atoms with van der Waals surface area (Å²) >= 11 is 5.88. The minimum Gasteiger partial charge on any atom is -0.448 e. The number of amides is 1. The number of halogens is 1. The van der Waals surface area contributed by atoms with Gasteiger partial charge in [0.15, 0.2) is 6.10 Å². The molecule has 0 unspecified atom stereocenters. The highest BCUT2D eigenvalue weighted by Crippen LogP contribution is 2.16. The van der Waals surface area contributed by atoms with E-state index in [1.807, 2.05) is 18.2 Å². The fraction of sp³-hybridized carbons (Fsp3) is 0.105. The number of hydrogen-bond acceptors (Lipinski definition) is 4. The molecular weight excluding hydrogens is 340 g/mol. The number of nitrogens with one attached hydrogen (secondary N) is 1. The van der Waals surface area contributed by atoms with Crippen molar-refractivity contribution in [1.29, 1.82) is 0 Å². The van der Waals surface area contributed by atoms with Gasteiger partial charge in [-0.3, -0.25) is 4.79 Å². The molecule has 5 nitrogen and oxygen atoms in total. The SMILES string of the molecule is C[C@H](OC(=O)c1ccc2ccccc2n1)C(=O)Nc1cccc(Cl)c1. The third-order valence-corrected chi connectivity index (χ3v) is 3.79. The molecule has 126 valence electrons. The second-order valence-corrected chi connectivity index (χ2v) is 5.87. The van der Waals surface area contributed by atoms with E-state index in [0.717, 1.165) is 5.39 Å². The van der Waals surface area contributed by atoms with Gasteiger partial charge in [-0.15, -0.1) is 0 Å². The van der Waals surface area contributed by atoms with Gasteiger partial charge in [0.2, 0.25) is 0 Å². The third kappa shape index (κ3) is 4.14. The summed E-state index contributed by atoms with van der Waals surface area (Å²) in [5.41, 5.74) is 1.37. The molecule has 6 heteroatoms. The van der Waals surface area contributed by atoms with E-state index in [0.29, 0.717) is 16.2 Å². The van der Waals surface area contributed by atoms with E-state index in [1.54, 1.807) is 42.5 Å². The molecule has 0 saturated heterocycles. The Morgan fingerprint density at radius 1 is 1.08 bits per heavy atom. The van der Waals surface area contributed by atoms with Crippen molar-refractivity contribution in [1.82, 2.24) is 4.98 Å². The highest BCUT2D eigenvalue weighted by atomic mass is 35.5. The van der Waals surface area contributed by atoms with E-state index in [1.165, 1.54) is 6.92 Å². The second kappa shape index (κ2) is 7.32. The molecule has 1 aromatic heterocycles. The van der Waals surface area contributed by atoms with Crippen LogP contribution in [0.5, 0.6) is 0 Å². The van der Waals surface area contributed by atoms with Crippen LogP contribution in [0.15, 0.2) is 60.7 Å². The average molecular weight is 355 g/mol. The number of ether oxygens (including phenoxy) is 1. The fourth-order valence-corrected chi connectivity index (χ4v) is 2.45. The first-order valence-electron chi connectivity index (χ1n) is 7.66. The lowest BCUT2D eigenvalue weighted by Gasteiger charge is -2.13. The van der Waals surface area contributed by atoms with E-state index in [-0.39, 0.29) is 5.69 Å². The Balaban J connectivity index is 1.67. The average Bonchev–Trinajstić information content (AvgIpc) is 2.61. The van der Waals surface area contributed by atoms with Gasteiger partial charge in [-0.2, -0.15) is 0 Å². The molecule has 0 aliphatic heterocycles. The number of rotatable bonds is 4. The number of carbonyl (C=O) groups excluding carboxylic acids is 2. The molecule has 1 heterocycles. The number of hydrogen-bond donors (Lipinski definition) is 1. The molecule has 1 atom stereocenters. The van der Waals surface area contributed by atoms with E-state index in [2.05, 4.69) is 10.3 Å². The molecule has 1 amide bonds. The van der Waals surface area contributed by atoms with Crippen LogP contribution in [0.2, 0.25) is 5.02 Å². The Bertz CT molecular complexity index is 943. The molecule has 0 radical (unpaired) electrons. The van der Waals surface area contributed by atoms with Crippen molar-refractivity contribution in [3.05, 3.63) is 71.4 Å². The molecule has 25 heavy (non-hydrogen) atoms. The van der Waals surface area contributed by atoms with Crippen molar-refractivity contribution in [3.8, 4) is 0 Å². The van der Waals surface area contributed by atoms with Gasteiger partial charge in [-0.05, 0) is 37.3 Å². The largest absolute Gasteiger partial charge is 0.448 e. The Hall–Kier alpha value is -2.92. The first-order valence-corrected chi connectivity index (χ1v) is 8.04. The molecule has 0 spiro atoms. The Labute approximate surface area is 149 Å². The maximum absolute atomic E-state index is 12.2. The van der Waals surface area contributed by atoms with Crippen LogP contribution in [0.1, 0.15) is 17.4 Å². The first-order chi connectivity index (χ1) is 12.0. The maximum atomic E-state index is 12.2. The zero-order valence-electron chi connectivity index (χ0n) is 13.4. The molecule has 0 aliphatic rings. The van der Waals surface area contributed by atoms with Crippen LogP contribution in [0, 0.1) is 0 Å². The van der Waals surface area contributed by atoms with Gasteiger partial charge in [-0.1, -0.05) is 41.9 Å². The van der Waals surface area contributed by atoms with Crippen molar-refractivity contribution >= 4 is 40.1 Å². The van der Waals surface area contributed by atoms with Gasteiger partial charge in [0.05, 0.1) is 5.52 Å². The Morgan fingerprint density at radius 3 is 2.68 bits per heavy atom. The van der Waals surface area contributed by atoms with Gasteiger partial charge in [0.25, 0.3) is 5.91 Å². The normalized spacial score (nSPS) is 11.8. The second-order valence-electron chi connectivity index (χ2n) is 5.44. The van der Waals surface area contributed by atoms with Crippen molar-refractivity contribution in [2.75, 3.05) is 5.32 Å². The zero-order chi connectivity index (χ0) is 17.8. The number of esters is 1. The number of aromatic nitrogens is 1. The summed E-state index contributed by atoms with van der Waals surface area (Å²) in [6.07, 6.45) is -0.972. The quantitative estimate of drug-likeness (QED) is 0.717. The van der Waals surface area contributed by atoms with Gasteiger partial charge in [0, 0.05) is 16.1 Å². The topological polar surface area (TPSA) is 68.3 Å². The van der Waals surface area contributed by atoms with Crippen molar-refractivity contribution < 1.29 is 14.3 Å². The van der Waals surface area contributed by atoms with E-state index in [9.17, 15) is 9.59 Å². The molecule has 1 N–H and O–H groups in total. The molecule has 0 saturated carbocycles. The summed E-state index contributed by atoms with van der Waals surface area (Å²) in [6.45, 7) is 1.50. The number of para-hydroxylation sites is 1. The molecule has 0 bridgehead atoms. The molecule has 0 aliphatic carbocycles. The van der Waals surface area contributed by atoms with Gasteiger partial charge < -0.3 is 10.1 Å². The number of pyridine rings is 1.